The lowest BCUT2D eigenvalue weighted by Crippen LogP contribution is -2.35. The molecule has 0 radical (unpaired) electrons. The summed E-state index contributed by atoms with van der Waals surface area (Å²) in [5.74, 6) is -0.833. The van der Waals surface area contributed by atoms with E-state index in [1.54, 1.807) is 7.11 Å². The number of ether oxygens (including phenoxy) is 1. The largest absolute Gasteiger partial charge is 0.397 e. The number of allylic oxidation sites excluding steroid dienone is 1. The van der Waals surface area contributed by atoms with Gasteiger partial charge in [-0.25, -0.2) is 0 Å². The molecule has 0 N–H and O–H groups in total. The molecular weight excluding hydrogens is 410 g/mol. The van der Waals surface area contributed by atoms with Crippen LogP contribution in [0.2, 0.25) is 0 Å². The number of methoxy groups -OCH3 is 1. The second kappa shape index (κ2) is 6.51. The second-order valence-electron chi connectivity index (χ2n) is 5.91. The third kappa shape index (κ3) is 4.04. The van der Waals surface area contributed by atoms with Crippen molar-refractivity contribution in [3.05, 3.63) is 20.8 Å². The smallest absolute Gasteiger partial charge is 0.373 e. The van der Waals surface area contributed by atoms with E-state index in [1.807, 2.05) is 6.92 Å². The molecule has 0 spiro atoms. The van der Waals surface area contributed by atoms with Gasteiger partial charge in [0.25, 0.3) is 0 Å². The van der Waals surface area contributed by atoms with Crippen molar-refractivity contribution in [2.45, 2.75) is 44.4 Å². The van der Waals surface area contributed by atoms with E-state index >= 15 is 0 Å². The van der Waals surface area contributed by atoms with Gasteiger partial charge in [0.2, 0.25) is 5.91 Å². The predicted molar refractivity (Wildman–Crippen MR) is 85.6 cm³/mol. The average molecular weight is 429 g/mol. The Morgan fingerprint density at radius 3 is 2.64 bits per heavy atom. The summed E-state index contributed by atoms with van der Waals surface area (Å²) in [5, 5.41) is 0. The number of carbonyl (C=O) groups is 1. The molecule has 2 aliphatic rings. The van der Waals surface area contributed by atoms with E-state index in [9.17, 15) is 18.0 Å². The lowest BCUT2D eigenvalue weighted by Gasteiger charge is -2.33. The van der Waals surface area contributed by atoms with Crippen molar-refractivity contribution < 1.29 is 22.7 Å². The molecule has 0 saturated heterocycles. The third-order valence-corrected chi connectivity index (χ3v) is 5.75. The summed E-state index contributed by atoms with van der Waals surface area (Å²) in [7, 11) is 1.66. The summed E-state index contributed by atoms with van der Waals surface area (Å²) in [6.45, 7) is 2.70. The maximum atomic E-state index is 12.4. The Labute approximate surface area is 141 Å². The first-order valence-corrected chi connectivity index (χ1v) is 8.21. The van der Waals surface area contributed by atoms with Gasteiger partial charge >= 0.3 is 6.18 Å². The molecule has 0 aromatic rings. The second-order valence-corrected chi connectivity index (χ2v) is 7.07. The third-order valence-electron chi connectivity index (χ3n) is 4.30. The molecule has 3 nitrogen and oxygen atoms in total. The van der Waals surface area contributed by atoms with Gasteiger partial charge in [-0.15, -0.1) is 0 Å². The van der Waals surface area contributed by atoms with E-state index in [0.29, 0.717) is 25.9 Å². The first-order chi connectivity index (χ1) is 10.1. The topological polar surface area (TPSA) is 29.5 Å². The molecule has 0 bridgehead atoms. The summed E-state index contributed by atoms with van der Waals surface area (Å²) in [5.41, 5.74) is 1.96. The molecular formula is C15H19F3INO2. The molecule has 0 saturated carbocycles. The maximum Gasteiger partial charge on any atom is 0.397 e. The van der Waals surface area contributed by atoms with E-state index in [1.165, 1.54) is 10.5 Å². The van der Waals surface area contributed by atoms with Crippen LogP contribution in [-0.2, 0) is 9.53 Å². The van der Waals surface area contributed by atoms with Gasteiger partial charge in [0, 0.05) is 30.2 Å². The molecule has 7 heteroatoms. The fourth-order valence-corrected chi connectivity index (χ4v) is 3.64. The number of amides is 1. The number of hydrogen-bond donors (Lipinski definition) is 0. The van der Waals surface area contributed by atoms with Gasteiger partial charge in [0.15, 0.2) is 0 Å². The van der Waals surface area contributed by atoms with E-state index < -0.39 is 18.5 Å². The molecule has 0 aromatic carbocycles. The molecule has 124 valence electrons. The highest BCUT2D eigenvalue weighted by atomic mass is 127. The van der Waals surface area contributed by atoms with E-state index in [4.69, 9.17) is 4.74 Å². The van der Waals surface area contributed by atoms with Crippen molar-refractivity contribution >= 4 is 28.5 Å². The molecule has 1 heterocycles. The van der Waals surface area contributed by atoms with Crippen molar-refractivity contribution in [3.63, 3.8) is 0 Å². The number of carbonyl (C=O) groups excluding carboxylic acids is 1. The van der Waals surface area contributed by atoms with Gasteiger partial charge < -0.3 is 9.64 Å². The molecule has 1 aliphatic heterocycles. The summed E-state index contributed by atoms with van der Waals surface area (Å²) in [6.07, 6.45) is -1.82. The van der Waals surface area contributed by atoms with Gasteiger partial charge in [-0.3, -0.25) is 4.79 Å². The Bertz CT molecular complexity index is 527. The van der Waals surface area contributed by atoms with Crippen molar-refractivity contribution in [1.29, 1.82) is 0 Å². The molecule has 22 heavy (non-hydrogen) atoms. The minimum Gasteiger partial charge on any atom is -0.373 e. The van der Waals surface area contributed by atoms with Gasteiger partial charge in [-0.1, -0.05) is 5.57 Å². The highest BCUT2D eigenvalue weighted by molar-refractivity contribution is 14.1. The number of halogens is 4. The first kappa shape index (κ1) is 17.8. The zero-order chi connectivity index (χ0) is 16.5. The van der Waals surface area contributed by atoms with Crippen LogP contribution >= 0.6 is 22.6 Å². The normalized spacial score (nSPS) is 26.5. The Kier molecular flexibility index (Phi) is 5.26. The summed E-state index contributed by atoms with van der Waals surface area (Å²) < 4.78 is 43.8. The maximum absolute atomic E-state index is 12.4. The Balaban J connectivity index is 2.07. The van der Waals surface area contributed by atoms with Crippen LogP contribution in [0.4, 0.5) is 13.2 Å². The Hall–Kier alpha value is -0.570. The number of hydrogen-bond acceptors (Lipinski definition) is 2. The van der Waals surface area contributed by atoms with Crippen LogP contribution in [0, 0.1) is 0 Å². The zero-order valence-corrected chi connectivity index (χ0v) is 14.8. The first-order valence-electron chi connectivity index (χ1n) is 7.13. The Morgan fingerprint density at radius 1 is 1.41 bits per heavy atom. The van der Waals surface area contributed by atoms with Crippen molar-refractivity contribution in [2.75, 3.05) is 20.2 Å². The van der Waals surface area contributed by atoms with Gasteiger partial charge in [0.1, 0.15) is 6.42 Å². The molecule has 2 rings (SSSR count). The summed E-state index contributed by atoms with van der Waals surface area (Å²) >= 11 is 2.25. The lowest BCUT2D eigenvalue weighted by atomic mass is 9.85. The molecule has 1 aliphatic carbocycles. The molecule has 1 unspecified atom stereocenters. The van der Waals surface area contributed by atoms with E-state index in [-0.39, 0.29) is 5.60 Å². The number of alkyl halides is 3. The summed E-state index contributed by atoms with van der Waals surface area (Å²) in [6, 6.07) is 0. The fourth-order valence-electron chi connectivity index (χ4n) is 2.85. The molecule has 0 fully saturated rings. The molecule has 1 atom stereocenters. The minimum absolute atomic E-state index is 0.345. The number of nitrogens with zero attached hydrogens (tertiary/aromatic N) is 1. The lowest BCUT2D eigenvalue weighted by molar-refractivity contribution is -0.161. The van der Waals surface area contributed by atoms with Crippen molar-refractivity contribution in [3.8, 4) is 0 Å². The van der Waals surface area contributed by atoms with Crippen LogP contribution in [0.15, 0.2) is 20.8 Å². The van der Waals surface area contributed by atoms with Crippen LogP contribution in [0.1, 0.15) is 32.6 Å². The quantitative estimate of drug-likeness (QED) is 0.622. The average Bonchev–Trinajstić information content (AvgIpc) is 2.60. The SMILES string of the molecule is COC1(C)CC2=C(C=C1I)CCN(C(=O)CC(F)(F)F)CC2. The van der Waals surface area contributed by atoms with E-state index in [2.05, 4.69) is 28.7 Å². The summed E-state index contributed by atoms with van der Waals surface area (Å²) in [4.78, 5) is 13.1. The minimum atomic E-state index is -4.44. The number of rotatable bonds is 2. The van der Waals surface area contributed by atoms with Crippen LogP contribution in [0.25, 0.3) is 0 Å². The van der Waals surface area contributed by atoms with Gasteiger partial charge in [0.05, 0.1) is 5.60 Å². The molecule has 1 amide bonds. The van der Waals surface area contributed by atoms with Crippen LogP contribution in [0.3, 0.4) is 0 Å². The van der Waals surface area contributed by atoms with E-state index in [0.717, 1.165) is 15.6 Å². The standard InChI is InChI=1S/C15H19F3INO2/c1-14(22-2)8-11-4-6-20(13(21)9-15(16,17)18)5-3-10(11)7-12(14)19/h7H,3-6,8-9H2,1-2H3. The Morgan fingerprint density at radius 2 is 2.05 bits per heavy atom. The van der Waals surface area contributed by atoms with Crippen LogP contribution < -0.4 is 0 Å². The van der Waals surface area contributed by atoms with Crippen LogP contribution in [0.5, 0.6) is 0 Å². The fraction of sp³-hybridized carbons (Fsp3) is 0.667. The highest BCUT2D eigenvalue weighted by Crippen LogP contribution is 2.41. The van der Waals surface area contributed by atoms with Crippen molar-refractivity contribution in [2.24, 2.45) is 0 Å². The van der Waals surface area contributed by atoms with Crippen molar-refractivity contribution in [1.82, 2.24) is 4.90 Å². The monoisotopic (exact) mass is 429 g/mol. The van der Waals surface area contributed by atoms with Gasteiger partial charge in [-0.2, -0.15) is 13.2 Å². The highest BCUT2D eigenvalue weighted by Gasteiger charge is 2.36. The van der Waals surface area contributed by atoms with Gasteiger partial charge in [-0.05, 0) is 54.0 Å². The zero-order valence-electron chi connectivity index (χ0n) is 12.6. The predicted octanol–water partition coefficient (Wildman–Crippen LogP) is 3.99. The van der Waals surface area contributed by atoms with Crippen LogP contribution in [-0.4, -0.2) is 42.8 Å². The molecule has 0 aromatic heterocycles.